The maximum absolute atomic E-state index is 12.4. The van der Waals surface area contributed by atoms with E-state index >= 15 is 0 Å². The van der Waals surface area contributed by atoms with Crippen molar-refractivity contribution in [3.05, 3.63) is 52.1 Å². The van der Waals surface area contributed by atoms with E-state index in [1.165, 1.54) is 13.2 Å². The van der Waals surface area contributed by atoms with Crippen LogP contribution in [0.3, 0.4) is 0 Å². The number of hydrogen-bond donors (Lipinski definition) is 1. The summed E-state index contributed by atoms with van der Waals surface area (Å²) in [5, 5.41) is 14.0. The quantitative estimate of drug-likeness (QED) is 0.285. The zero-order chi connectivity index (χ0) is 20.6. The molecule has 8 nitrogen and oxygen atoms in total. The van der Waals surface area contributed by atoms with Crippen LogP contribution >= 0.6 is 0 Å². The average Bonchev–Trinajstić information content (AvgIpc) is 2.68. The van der Waals surface area contributed by atoms with Gasteiger partial charge < -0.3 is 14.8 Å². The number of nitrogens with zero attached hydrogens (tertiary/aromatic N) is 2. The highest BCUT2D eigenvalue weighted by Gasteiger charge is 2.34. The number of nitro benzene ring substituents is 1. The molecular formula is C20H29N3O5. The van der Waals surface area contributed by atoms with E-state index in [0.717, 1.165) is 24.9 Å². The lowest BCUT2D eigenvalue weighted by Gasteiger charge is -2.44. The molecule has 28 heavy (non-hydrogen) atoms. The summed E-state index contributed by atoms with van der Waals surface area (Å²) in [5.41, 5.74) is 0.582. The molecule has 8 heteroatoms. The van der Waals surface area contributed by atoms with Crippen molar-refractivity contribution in [2.75, 3.05) is 40.0 Å². The number of rotatable bonds is 10. The molecule has 1 fully saturated rings. The van der Waals surface area contributed by atoms with E-state index in [-0.39, 0.29) is 16.8 Å². The van der Waals surface area contributed by atoms with Crippen LogP contribution in [0, 0.1) is 10.1 Å². The van der Waals surface area contributed by atoms with Crippen LogP contribution in [0.2, 0.25) is 0 Å². The number of amides is 1. The number of carbonyl (C=O) groups is 1. The first-order valence-electron chi connectivity index (χ1n) is 9.39. The van der Waals surface area contributed by atoms with Crippen molar-refractivity contribution >= 4 is 11.6 Å². The number of hydrogen-bond acceptors (Lipinski definition) is 6. The molecule has 154 valence electrons. The van der Waals surface area contributed by atoms with Gasteiger partial charge in [-0.2, -0.15) is 0 Å². The van der Waals surface area contributed by atoms with Gasteiger partial charge in [0.25, 0.3) is 11.6 Å². The summed E-state index contributed by atoms with van der Waals surface area (Å²) >= 11 is 0. The van der Waals surface area contributed by atoms with Crippen LogP contribution < -0.4 is 5.32 Å². The smallest absolute Gasteiger partial charge is 0.282 e. The standard InChI is InChI=1S/C20H29N3O5/c1-4-5-8-20(2)15-28-12-10-22(20)14-16-6-7-18(23(25)26)17(13-16)19(24)21-9-11-27-3/h4,6-7,13H,1,5,8-12,14-15H2,2-3H3,(H,21,24). The number of allylic oxidation sites excluding steroid dienone is 1. The Morgan fingerprint density at radius 2 is 2.32 bits per heavy atom. The molecule has 0 saturated carbocycles. The fourth-order valence-corrected chi connectivity index (χ4v) is 3.35. The minimum Gasteiger partial charge on any atom is -0.383 e. The highest BCUT2D eigenvalue weighted by molar-refractivity contribution is 5.98. The first-order valence-corrected chi connectivity index (χ1v) is 9.39. The number of nitro groups is 1. The van der Waals surface area contributed by atoms with Gasteiger partial charge >= 0.3 is 0 Å². The van der Waals surface area contributed by atoms with Gasteiger partial charge in [-0.3, -0.25) is 19.8 Å². The van der Waals surface area contributed by atoms with Crippen LogP contribution in [0.1, 0.15) is 35.7 Å². The molecule has 0 radical (unpaired) electrons. The third-order valence-electron chi connectivity index (χ3n) is 5.04. The minimum absolute atomic E-state index is 0.0691. The molecule has 2 rings (SSSR count). The van der Waals surface area contributed by atoms with Crippen molar-refractivity contribution in [1.82, 2.24) is 10.2 Å². The van der Waals surface area contributed by atoms with Gasteiger partial charge in [0.1, 0.15) is 5.56 Å². The largest absolute Gasteiger partial charge is 0.383 e. The molecule has 1 heterocycles. The Bertz CT molecular complexity index is 709. The molecule has 1 aliphatic rings. The SMILES string of the molecule is C=CCCC1(C)COCCN1Cc1ccc([N+](=O)[O-])c(C(=O)NCCOC)c1. The van der Waals surface area contributed by atoms with E-state index < -0.39 is 10.8 Å². The number of carbonyl (C=O) groups excluding carboxylic acids is 1. The van der Waals surface area contributed by atoms with Gasteiger partial charge in [-0.05, 0) is 31.4 Å². The molecule has 0 aromatic heterocycles. The molecule has 1 aromatic carbocycles. The minimum atomic E-state index is -0.530. The van der Waals surface area contributed by atoms with E-state index in [2.05, 4.69) is 23.7 Å². The molecular weight excluding hydrogens is 362 g/mol. The molecule has 1 atom stereocenters. The van der Waals surface area contributed by atoms with Gasteiger partial charge in [0.05, 0.1) is 24.7 Å². The summed E-state index contributed by atoms with van der Waals surface area (Å²) in [7, 11) is 1.53. The summed E-state index contributed by atoms with van der Waals surface area (Å²) in [6.07, 6.45) is 3.68. The predicted molar refractivity (Wildman–Crippen MR) is 106 cm³/mol. The summed E-state index contributed by atoms with van der Waals surface area (Å²) in [6, 6.07) is 4.74. The molecule has 0 bridgehead atoms. The molecule has 1 aromatic rings. The van der Waals surface area contributed by atoms with E-state index in [1.807, 2.05) is 6.08 Å². The Morgan fingerprint density at radius 1 is 1.54 bits per heavy atom. The lowest BCUT2D eigenvalue weighted by atomic mass is 9.92. The number of benzene rings is 1. The van der Waals surface area contributed by atoms with Crippen molar-refractivity contribution in [3.8, 4) is 0 Å². The van der Waals surface area contributed by atoms with Crippen LogP contribution in [0.5, 0.6) is 0 Å². The Morgan fingerprint density at radius 3 is 3.00 bits per heavy atom. The topological polar surface area (TPSA) is 93.9 Å². The number of nitrogens with one attached hydrogen (secondary N) is 1. The van der Waals surface area contributed by atoms with E-state index in [1.54, 1.807) is 12.1 Å². The zero-order valence-corrected chi connectivity index (χ0v) is 16.6. The lowest BCUT2D eigenvalue weighted by Crippen LogP contribution is -2.54. The summed E-state index contributed by atoms with van der Waals surface area (Å²) in [6.45, 7) is 9.20. The Kier molecular flexibility index (Phi) is 8.10. The fourth-order valence-electron chi connectivity index (χ4n) is 3.35. The van der Waals surface area contributed by atoms with Gasteiger partial charge in [-0.25, -0.2) is 0 Å². The Balaban J connectivity index is 2.22. The molecule has 1 saturated heterocycles. The number of methoxy groups -OCH3 is 1. The number of ether oxygens (including phenoxy) is 2. The molecule has 0 spiro atoms. The van der Waals surface area contributed by atoms with Crippen LogP contribution in [0.15, 0.2) is 30.9 Å². The molecule has 0 aliphatic carbocycles. The third kappa shape index (κ3) is 5.60. The zero-order valence-electron chi connectivity index (χ0n) is 16.6. The third-order valence-corrected chi connectivity index (χ3v) is 5.04. The van der Waals surface area contributed by atoms with Crippen LogP contribution in [0.25, 0.3) is 0 Å². The molecule has 1 unspecified atom stereocenters. The average molecular weight is 391 g/mol. The second kappa shape index (κ2) is 10.3. The maximum atomic E-state index is 12.4. The number of morpholine rings is 1. The second-order valence-corrected chi connectivity index (χ2v) is 7.16. The first-order chi connectivity index (χ1) is 13.4. The van der Waals surface area contributed by atoms with Crippen molar-refractivity contribution in [2.24, 2.45) is 0 Å². The van der Waals surface area contributed by atoms with Crippen molar-refractivity contribution in [2.45, 2.75) is 31.8 Å². The van der Waals surface area contributed by atoms with Crippen LogP contribution in [0.4, 0.5) is 5.69 Å². The van der Waals surface area contributed by atoms with Gasteiger partial charge in [0.2, 0.25) is 0 Å². The first kappa shape index (κ1) is 22.0. The van der Waals surface area contributed by atoms with Crippen LogP contribution in [-0.4, -0.2) is 61.3 Å². The van der Waals surface area contributed by atoms with Crippen molar-refractivity contribution in [1.29, 1.82) is 0 Å². The second-order valence-electron chi connectivity index (χ2n) is 7.16. The normalized spacial score (nSPS) is 19.9. The fraction of sp³-hybridized carbons (Fsp3) is 0.550. The van der Waals surface area contributed by atoms with E-state index in [4.69, 9.17) is 9.47 Å². The molecule has 1 aliphatic heterocycles. The maximum Gasteiger partial charge on any atom is 0.282 e. The van der Waals surface area contributed by atoms with Gasteiger partial charge in [0, 0.05) is 38.3 Å². The Hall–Kier alpha value is -2.29. The van der Waals surface area contributed by atoms with E-state index in [9.17, 15) is 14.9 Å². The molecule has 1 amide bonds. The highest BCUT2D eigenvalue weighted by atomic mass is 16.6. The molecule has 1 N–H and O–H groups in total. The lowest BCUT2D eigenvalue weighted by molar-refractivity contribution is -0.385. The van der Waals surface area contributed by atoms with Crippen LogP contribution in [-0.2, 0) is 16.0 Å². The predicted octanol–water partition coefficient (Wildman–Crippen LogP) is 2.53. The van der Waals surface area contributed by atoms with Crippen molar-refractivity contribution in [3.63, 3.8) is 0 Å². The van der Waals surface area contributed by atoms with E-state index in [0.29, 0.717) is 32.9 Å². The van der Waals surface area contributed by atoms with Crippen molar-refractivity contribution < 1.29 is 19.2 Å². The van der Waals surface area contributed by atoms with Gasteiger partial charge in [0.15, 0.2) is 0 Å². The Labute approximate surface area is 165 Å². The summed E-state index contributed by atoms with van der Waals surface area (Å²) < 4.78 is 10.6. The summed E-state index contributed by atoms with van der Waals surface area (Å²) in [4.78, 5) is 25.6. The van der Waals surface area contributed by atoms with Gasteiger partial charge in [-0.15, -0.1) is 6.58 Å². The summed E-state index contributed by atoms with van der Waals surface area (Å²) in [5.74, 6) is -0.470. The highest BCUT2D eigenvalue weighted by Crippen LogP contribution is 2.28. The van der Waals surface area contributed by atoms with Gasteiger partial charge in [-0.1, -0.05) is 12.1 Å². The monoisotopic (exact) mass is 391 g/mol.